The maximum atomic E-state index is 11.9. The largest absolute Gasteiger partial charge is 0.495 e. The van der Waals surface area contributed by atoms with Crippen LogP contribution in [-0.4, -0.2) is 26.6 Å². The van der Waals surface area contributed by atoms with E-state index in [2.05, 4.69) is 10.5 Å². The third-order valence-corrected chi connectivity index (χ3v) is 3.88. The molecule has 9 heteroatoms. The lowest BCUT2D eigenvalue weighted by molar-refractivity contribution is 0.0988. The normalized spacial score (nSPS) is 11.2. The summed E-state index contributed by atoms with van der Waals surface area (Å²) in [6.07, 6.45) is 0. The van der Waals surface area contributed by atoms with Gasteiger partial charge in [-0.1, -0.05) is 5.16 Å². The molecule has 0 aliphatic rings. The third-order valence-electron chi connectivity index (χ3n) is 2.54. The topological polar surface area (TPSA) is 98.5 Å². The minimum atomic E-state index is -4.00. The van der Waals surface area contributed by atoms with Gasteiger partial charge in [-0.2, -0.15) is 0 Å². The van der Waals surface area contributed by atoms with Crippen LogP contribution >= 0.6 is 10.7 Å². The fraction of sp³-hybridized carbons (Fsp3) is 0.167. The van der Waals surface area contributed by atoms with Crippen molar-refractivity contribution in [1.82, 2.24) is 5.16 Å². The van der Waals surface area contributed by atoms with Crippen LogP contribution in [0, 0.1) is 6.92 Å². The van der Waals surface area contributed by atoms with Crippen LogP contribution in [0.25, 0.3) is 0 Å². The van der Waals surface area contributed by atoms with E-state index >= 15 is 0 Å². The molecule has 1 N–H and O–H groups in total. The Bertz CT molecular complexity index is 785. The van der Waals surface area contributed by atoms with Crippen molar-refractivity contribution in [3.05, 3.63) is 35.7 Å². The van der Waals surface area contributed by atoms with Crippen molar-refractivity contribution in [2.45, 2.75) is 11.8 Å². The monoisotopic (exact) mass is 330 g/mol. The van der Waals surface area contributed by atoms with Gasteiger partial charge < -0.3 is 14.6 Å². The fourth-order valence-corrected chi connectivity index (χ4v) is 2.63. The molecule has 0 aliphatic carbocycles. The second-order valence-electron chi connectivity index (χ2n) is 4.09. The van der Waals surface area contributed by atoms with Crippen molar-refractivity contribution >= 4 is 31.3 Å². The Morgan fingerprint density at radius 2 is 2.10 bits per heavy atom. The number of anilines is 1. The fourth-order valence-electron chi connectivity index (χ4n) is 1.61. The zero-order valence-electron chi connectivity index (χ0n) is 11.1. The van der Waals surface area contributed by atoms with E-state index in [1.165, 1.54) is 31.4 Å². The van der Waals surface area contributed by atoms with Gasteiger partial charge in [-0.15, -0.1) is 0 Å². The van der Waals surface area contributed by atoms with Gasteiger partial charge in [0.25, 0.3) is 15.0 Å². The number of carbonyl (C=O) groups is 1. The van der Waals surface area contributed by atoms with Crippen molar-refractivity contribution in [3.8, 4) is 5.75 Å². The Balaban J connectivity index is 2.31. The highest BCUT2D eigenvalue weighted by Crippen LogP contribution is 2.29. The smallest absolute Gasteiger partial charge is 0.294 e. The van der Waals surface area contributed by atoms with Crippen LogP contribution in [0.2, 0.25) is 0 Å². The van der Waals surface area contributed by atoms with Crippen LogP contribution in [-0.2, 0) is 9.05 Å². The van der Waals surface area contributed by atoms with Gasteiger partial charge in [0.2, 0.25) is 5.76 Å². The van der Waals surface area contributed by atoms with Gasteiger partial charge in [-0.25, -0.2) is 8.42 Å². The molecule has 1 heterocycles. The lowest BCUT2D eigenvalue weighted by Crippen LogP contribution is -2.11. The maximum absolute atomic E-state index is 11.9. The second kappa shape index (κ2) is 5.74. The molecule has 21 heavy (non-hydrogen) atoms. The number of benzene rings is 1. The van der Waals surface area contributed by atoms with Crippen LogP contribution in [0.3, 0.4) is 0 Å². The standard InChI is InChI=1S/C12H11ClN2O5S/c1-7-5-10(20-15-7)12(16)14-8-3-4-9(19-2)11(6-8)21(13,17)18/h3-6H,1-2H3,(H,14,16). The number of hydrogen-bond donors (Lipinski definition) is 1. The number of nitrogens with zero attached hydrogens (tertiary/aromatic N) is 1. The first-order valence-corrected chi connectivity index (χ1v) is 7.99. The SMILES string of the molecule is COc1ccc(NC(=O)c2cc(C)no2)cc1S(=O)(=O)Cl. The number of halogens is 1. The van der Waals surface area contributed by atoms with E-state index < -0.39 is 15.0 Å². The number of rotatable bonds is 4. The first kappa shape index (κ1) is 15.3. The summed E-state index contributed by atoms with van der Waals surface area (Å²) in [4.78, 5) is 11.6. The number of hydrogen-bond acceptors (Lipinski definition) is 6. The molecule has 0 fully saturated rings. The summed E-state index contributed by atoms with van der Waals surface area (Å²) in [5.41, 5.74) is 0.785. The molecule has 112 valence electrons. The molecule has 7 nitrogen and oxygen atoms in total. The van der Waals surface area contributed by atoms with Crippen LogP contribution in [0.4, 0.5) is 5.69 Å². The molecule has 1 aromatic carbocycles. The van der Waals surface area contributed by atoms with Crippen molar-refractivity contribution < 1.29 is 22.5 Å². The summed E-state index contributed by atoms with van der Waals surface area (Å²) in [7, 11) is 2.63. The lowest BCUT2D eigenvalue weighted by atomic mass is 10.3. The van der Waals surface area contributed by atoms with Crippen LogP contribution in [0.15, 0.2) is 33.7 Å². The molecule has 0 spiro atoms. The van der Waals surface area contributed by atoms with Crippen molar-refractivity contribution in [2.24, 2.45) is 0 Å². The van der Waals surface area contributed by atoms with Gasteiger partial charge in [-0.05, 0) is 25.1 Å². The van der Waals surface area contributed by atoms with E-state index in [0.717, 1.165) is 0 Å². The van der Waals surface area contributed by atoms with Gasteiger partial charge in [-0.3, -0.25) is 4.79 Å². The van der Waals surface area contributed by atoms with Crippen molar-refractivity contribution in [2.75, 3.05) is 12.4 Å². The Hall–Kier alpha value is -2.06. The molecule has 0 saturated carbocycles. The van der Waals surface area contributed by atoms with Gasteiger partial charge in [0.05, 0.1) is 12.8 Å². The van der Waals surface area contributed by atoms with E-state index in [0.29, 0.717) is 5.69 Å². The first-order valence-electron chi connectivity index (χ1n) is 5.68. The van der Waals surface area contributed by atoms with Crippen molar-refractivity contribution in [1.29, 1.82) is 0 Å². The predicted molar refractivity (Wildman–Crippen MR) is 75.2 cm³/mol. The number of methoxy groups -OCH3 is 1. The lowest BCUT2D eigenvalue weighted by Gasteiger charge is -2.08. The second-order valence-corrected chi connectivity index (χ2v) is 6.62. The van der Waals surface area contributed by atoms with Gasteiger partial charge in [0.15, 0.2) is 0 Å². The molecule has 2 aromatic rings. The summed E-state index contributed by atoms with van der Waals surface area (Å²) in [6.45, 7) is 1.67. The zero-order valence-corrected chi connectivity index (χ0v) is 12.7. The van der Waals surface area contributed by atoms with Crippen LogP contribution in [0.1, 0.15) is 16.2 Å². The number of aromatic nitrogens is 1. The van der Waals surface area contributed by atoms with E-state index in [-0.39, 0.29) is 22.1 Å². The summed E-state index contributed by atoms with van der Waals surface area (Å²) in [5.74, 6) is -0.462. The van der Waals surface area contributed by atoms with E-state index in [1.807, 2.05) is 0 Å². The van der Waals surface area contributed by atoms with Crippen LogP contribution < -0.4 is 10.1 Å². The summed E-state index contributed by atoms with van der Waals surface area (Å²) >= 11 is 0. The predicted octanol–water partition coefficient (Wildman–Crippen LogP) is 2.17. The van der Waals surface area contributed by atoms with Crippen LogP contribution in [0.5, 0.6) is 5.75 Å². The summed E-state index contributed by atoms with van der Waals surface area (Å²) < 4.78 is 32.7. The molecular formula is C12H11ClN2O5S. The Morgan fingerprint density at radius 1 is 1.38 bits per heavy atom. The first-order chi connectivity index (χ1) is 9.81. The summed E-state index contributed by atoms with van der Waals surface area (Å²) in [6, 6.07) is 5.52. The Kier molecular flexibility index (Phi) is 4.19. The minimum Gasteiger partial charge on any atom is -0.495 e. The molecule has 1 amide bonds. The average Bonchev–Trinajstić information content (AvgIpc) is 2.84. The number of aryl methyl sites for hydroxylation is 1. The molecule has 0 saturated heterocycles. The quantitative estimate of drug-likeness (QED) is 0.863. The number of ether oxygens (including phenoxy) is 1. The molecule has 2 rings (SSSR count). The molecule has 0 radical (unpaired) electrons. The molecule has 1 aromatic heterocycles. The number of carbonyl (C=O) groups excluding carboxylic acids is 1. The molecule has 0 aliphatic heterocycles. The third kappa shape index (κ3) is 3.53. The maximum Gasteiger partial charge on any atom is 0.294 e. The Morgan fingerprint density at radius 3 is 2.62 bits per heavy atom. The molecule has 0 atom stereocenters. The van der Waals surface area contributed by atoms with Gasteiger partial charge in [0.1, 0.15) is 10.6 Å². The highest BCUT2D eigenvalue weighted by atomic mass is 35.7. The highest BCUT2D eigenvalue weighted by molar-refractivity contribution is 8.13. The minimum absolute atomic E-state index is 0.0126. The number of nitrogens with one attached hydrogen (secondary N) is 1. The Labute approximate surface area is 125 Å². The van der Waals surface area contributed by atoms with Gasteiger partial charge in [0, 0.05) is 22.4 Å². The molecule has 0 unspecified atom stereocenters. The zero-order chi connectivity index (χ0) is 15.6. The van der Waals surface area contributed by atoms with Gasteiger partial charge >= 0.3 is 0 Å². The van der Waals surface area contributed by atoms with E-state index in [4.69, 9.17) is 19.9 Å². The molecular weight excluding hydrogens is 320 g/mol. The average molecular weight is 331 g/mol. The van der Waals surface area contributed by atoms with E-state index in [1.54, 1.807) is 6.92 Å². The molecule has 0 bridgehead atoms. The van der Waals surface area contributed by atoms with Crippen molar-refractivity contribution in [3.63, 3.8) is 0 Å². The number of amides is 1. The highest BCUT2D eigenvalue weighted by Gasteiger charge is 2.19. The van der Waals surface area contributed by atoms with E-state index in [9.17, 15) is 13.2 Å². The summed E-state index contributed by atoms with van der Waals surface area (Å²) in [5, 5.41) is 6.07.